The van der Waals surface area contributed by atoms with E-state index in [9.17, 15) is 0 Å². The molecule has 46 valence electrons. The Hall–Kier alpha value is -0.150. The van der Waals surface area contributed by atoms with Gasteiger partial charge in [0.1, 0.15) is 0 Å². The van der Waals surface area contributed by atoms with Gasteiger partial charge in [-0.2, -0.15) is 0 Å². The number of hydrazine groups is 1. The summed E-state index contributed by atoms with van der Waals surface area (Å²) >= 11 is 1.81. The van der Waals surface area contributed by atoms with Gasteiger partial charge in [-0.25, -0.2) is 5.01 Å². The van der Waals surface area contributed by atoms with Crippen molar-refractivity contribution in [2.45, 2.75) is 0 Å². The van der Waals surface area contributed by atoms with Crippen molar-refractivity contribution < 1.29 is 0 Å². The highest BCUT2D eigenvalue weighted by molar-refractivity contribution is 8.02. The third-order valence-corrected chi connectivity index (χ3v) is 2.01. The van der Waals surface area contributed by atoms with Crippen molar-refractivity contribution in [3.63, 3.8) is 0 Å². The number of thioether (sulfide) groups is 1. The second-order valence-corrected chi connectivity index (χ2v) is 2.68. The lowest BCUT2D eigenvalue weighted by atomic mass is 10.9. The van der Waals surface area contributed by atoms with Gasteiger partial charge in [-0.05, 0) is 5.41 Å². The Bertz CT molecular complexity index is 103. The van der Waals surface area contributed by atoms with Gasteiger partial charge < -0.3 is 5.01 Å². The third-order valence-electron chi connectivity index (χ3n) is 1.17. The Morgan fingerprint density at radius 3 is 2.62 bits per heavy atom. The summed E-state index contributed by atoms with van der Waals surface area (Å²) in [6, 6.07) is 0. The molecule has 1 aliphatic rings. The predicted molar refractivity (Wildman–Crippen MR) is 37.1 cm³/mol. The average molecular weight is 130 g/mol. The molecule has 0 aromatic heterocycles. The van der Waals surface area contributed by atoms with Gasteiger partial charge in [0.15, 0.2) is 0 Å². The Kier molecular flexibility index (Phi) is 1.81. The van der Waals surface area contributed by atoms with Crippen LogP contribution in [0.25, 0.3) is 0 Å². The van der Waals surface area contributed by atoms with Crippen LogP contribution >= 0.6 is 11.8 Å². The summed E-state index contributed by atoms with van der Waals surface area (Å²) in [5.41, 5.74) is 0. The zero-order valence-electron chi connectivity index (χ0n) is 5.16. The van der Waals surface area contributed by atoms with E-state index in [1.165, 1.54) is 0 Å². The number of nitrogens with zero attached hydrogens (tertiary/aromatic N) is 2. The van der Waals surface area contributed by atoms with Crippen LogP contribution in [0.2, 0.25) is 0 Å². The number of hydrogen-bond acceptors (Lipinski definition) is 3. The summed E-state index contributed by atoms with van der Waals surface area (Å²) in [4.78, 5) is 0. The van der Waals surface area contributed by atoms with Crippen LogP contribution in [-0.4, -0.2) is 30.0 Å². The van der Waals surface area contributed by atoms with Crippen LogP contribution in [-0.2, 0) is 0 Å². The quantitative estimate of drug-likeness (QED) is 0.482. The highest BCUT2D eigenvalue weighted by Crippen LogP contribution is 2.11. The van der Waals surface area contributed by atoms with Crippen LogP contribution < -0.4 is 0 Å². The van der Waals surface area contributed by atoms with Gasteiger partial charge in [-0.15, -0.1) is 11.8 Å². The van der Waals surface area contributed by atoms with Crippen molar-refractivity contribution in [2.24, 2.45) is 0 Å². The first-order valence-electron chi connectivity index (χ1n) is 2.53. The van der Waals surface area contributed by atoms with Gasteiger partial charge in [0.2, 0.25) is 0 Å². The summed E-state index contributed by atoms with van der Waals surface area (Å²) in [7, 11) is 4.10. The van der Waals surface area contributed by atoms with Crippen molar-refractivity contribution in [2.75, 3.05) is 20.0 Å². The lowest BCUT2D eigenvalue weighted by Crippen LogP contribution is -2.33. The summed E-state index contributed by atoms with van der Waals surface area (Å²) in [5.74, 6) is 1.06. The largest absolute Gasteiger partial charge is 0.315 e. The molecule has 0 bridgehead atoms. The van der Waals surface area contributed by atoms with Gasteiger partial charge in [0, 0.05) is 20.3 Å². The molecule has 1 aliphatic heterocycles. The fraction of sp³-hybridized carbons (Fsp3) is 0.600. The molecule has 0 aromatic rings. The maximum atomic E-state index is 2.14. The van der Waals surface area contributed by atoms with E-state index >= 15 is 0 Å². The standard InChI is InChI=1S/C5H10N2S/c1-6-3-4-8-5-7(6)2/h3-4H,5H2,1-2H3. The molecule has 2 nitrogen and oxygen atoms in total. The Morgan fingerprint density at radius 1 is 1.50 bits per heavy atom. The minimum Gasteiger partial charge on any atom is -0.315 e. The van der Waals surface area contributed by atoms with Crippen LogP contribution in [0.1, 0.15) is 0 Å². The molecule has 8 heavy (non-hydrogen) atoms. The normalized spacial score (nSPS) is 22.0. The molecule has 1 rings (SSSR count). The fourth-order valence-corrected chi connectivity index (χ4v) is 1.23. The Balaban J connectivity index is 2.47. The number of hydrogen-bond donors (Lipinski definition) is 0. The van der Waals surface area contributed by atoms with E-state index in [4.69, 9.17) is 0 Å². The van der Waals surface area contributed by atoms with E-state index in [1.54, 1.807) is 0 Å². The van der Waals surface area contributed by atoms with E-state index in [1.807, 2.05) is 25.0 Å². The molecular weight excluding hydrogens is 120 g/mol. The molecule has 0 N–H and O–H groups in total. The van der Waals surface area contributed by atoms with Crippen molar-refractivity contribution >= 4 is 11.8 Å². The van der Waals surface area contributed by atoms with Gasteiger partial charge in [-0.3, -0.25) is 0 Å². The zero-order chi connectivity index (χ0) is 5.98. The summed E-state index contributed by atoms with van der Waals surface area (Å²) < 4.78 is 0. The van der Waals surface area contributed by atoms with Gasteiger partial charge in [-0.1, -0.05) is 0 Å². The molecule has 0 fully saturated rings. The van der Waals surface area contributed by atoms with E-state index in [2.05, 4.69) is 22.5 Å². The second-order valence-electron chi connectivity index (χ2n) is 1.81. The van der Waals surface area contributed by atoms with Gasteiger partial charge in [0.05, 0.1) is 5.88 Å². The maximum Gasteiger partial charge on any atom is 0.0675 e. The van der Waals surface area contributed by atoms with E-state index in [0.717, 1.165) is 5.88 Å². The molecule has 0 aliphatic carbocycles. The van der Waals surface area contributed by atoms with E-state index < -0.39 is 0 Å². The average Bonchev–Trinajstić information content (AvgIpc) is 1.77. The lowest BCUT2D eigenvalue weighted by Gasteiger charge is -2.28. The van der Waals surface area contributed by atoms with E-state index in [0.29, 0.717) is 0 Å². The van der Waals surface area contributed by atoms with Crippen LogP contribution in [0.4, 0.5) is 0 Å². The van der Waals surface area contributed by atoms with Crippen molar-refractivity contribution in [1.29, 1.82) is 0 Å². The molecule has 0 unspecified atom stereocenters. The predicted octanol–water partition coefficient (Wildman–Crippen LogP) is 0.941. The van der Waals surface area contributed by atoms with Crippen molar-refractivity contribution in [1.82, 2.24) is 10.0 Å². The molecule has 0 radical (unpaired) electrons. The summed E-state index contributed by atoms with van der Waals surface area (Å²) in [6.07, 6.45) is 2.05. The first-order chi connectivity index (χ1) is 3.80. The summed E-state index contributed by atoms with van der Waals surface area (Å²) in [6.45, 7) is 0. The summed E-state index contributed by atoms with van der Waals surface area (Å²) in [5, 5.41) is 6.31. The van der Waals surface area contributed by atoms with Crippen molar-refractivity contribution in [3.05, 3.63) is 11.6 Å². The van der Waals surface area contributed by atoms with E-state index in [-0.39, 0.29) is 0 Å². The minimum absolute atomic E-state index is 1.06. The highest BCUT2D eigenvalue weighted by atomic mass is 32.2. The number of rotatable bonds is 0. The monoisotopic (exact) mass is 130 g/mol. The SMILES string of the molecule is CN1C=CSCN1C. The minimum atomic E-state index is 1.06. The fourth-order valence-electron chi connectivity index (χ4n) is 0.487. The molecule has 1 heterocycles. The molecule has 3 heteroatoms. The first-order valence-corrected chi connectivity index (χ1v) is 3.58. The Labute approximate surface area is 54.1 Å². The molecule has 0 spiro atoms. The molecule has 0 atom stereocenters. The molecular formula is C5H10N2S. The van der Waals surface area contributed by atoms with Gasteiger partial charge >= 0.3 is 0 Å². The maximum absolute atomic E-state index is 2.14. The smallest absolute Gasteiger partial charge is 0.0675 e. The van der Waals surface area contributed by atoms with Crippen molar-refractivity contribution in [3.8, 4) is 0 Å². The zero-order valence-corrected chi connectivity index (χ0v) is 5.98. The third kappa shape index (κ3) is 1.17. The van der Waals surface area contributed by atoms with Crippen LogP contribution in [0.15, 0.2) is 11.6 Å². The molecule has 0 saturated carbocycles. The molecule has 0 aromatic carbocycles. The van der Waals surface area contributed by atoms with Crippen LogP contribution in [0, 0.1) is 0 Å². The molecule has 0 saturated heterocycles. The van der Waals surface area contributed by atoms with Crippen LogP contribution in [0.3, 0.4) is 0 Å². The first kappa shape index (κ1) is 5.98. The van der Waals surface area contributed by atoms with Crippen LogP contribution in [0.5, 0.6) is 0 Å². The lowest BCUT2D eigenvalue weighted by molar-refractivity contribution is 0.105. The highest BCUT2D eigenvalue weighted by Gasteiger charge is 2.02. The molecule has 0 amide bonds. The Morgan fingerprint density at radius 2 is 2.25 bits per heavy atom. The second kappa shape index (κ2) is 2.42. The van der Waals surface area contributed by atoms with Gasteiger partial charge in [0.25, 0.3) is 0 Å². The topological polar surface area (TPSA) is 6.48 Å².